The van der Waals surface area contributed by atoms with Crippen LogP contribution < -0.4 is 5.32 Å². The van der Waals surface area contributed by atoms with E-state index in [0.29, 0.717) is 0 Å². The topological polar surface area (TPSA) is 21.3 Å². The average molecular weight is 233 g/mol. The van der Waals surface area contributed by atoms with Crippen molar-refractivity contribution in [2.24, 2.45) is 0 Å². The summed E-state index contributed by atoms with van der Waals surface area (Å²) in [6.45, 7) is 2.02. The molecular weight excluding hydrogens is 210 g/mol. The summed E-state index contributed by atoms with van der Waals surface area (Å²) in [4.78, 5) is 0. The summed E-state index contributed by atoms with van der Waals surface area (Å²) in [5, 5.41) is 3.62. The number of benzene rings is 1. The lowest BCUT2D eigenvalue weighted by Crippen LogP contribution is -2.40. The Hall–Kier alpha value is -0.860. The molecule has 2 heteroatoms. The van der Waals surface area contributed by atoms with Crippen molar-refractivity contribution in [2.45, 2.75) is 37.6 Å². The van der Waals surface area contributed by atoms with Gasteiger partial charge in [0.05, 0.1) is 0 Å². The third-order valence-electron chi connectivity index (χ3n) is 3.62. The van der Waals surface area contributed by atoms with E-state index in [-0.39, 0.29) is 0 Å². The van der Waals surface area contributed by atoms with Crippen molar-refractivity contribution in [3.8, 4) is 0 Å². The van der Waals surface area contributed by atoms with Crippen molar-refractivity contribution >= 4 is 0 Å². The molecule has 0 heterocycles. The molecule has 0 aliphatic heterocycles. The molecule has 2 rings (SSSR count). The zero-order valence-corrected chi connectivity index (χ0v) is 10.7. The molecule has 0 aromatic heterocycles. The summed E-state index contributed by atoms with van der Waals surface area (Å²) in [5.74, 6) is 0.785. The SMILES string of the molecule is COCCCCNC1CC(c2ccccc2)C1. The zero-order chi connectivity index (χ0) is 11.9. The second-order valence-corrected chi connectivity index (χ2v) is 4.93. The van der Waals surface area contributed by atoms with Crippen molar-refractivity contribution in [3.05, 3.63) is 35.9 Å². The Morgan fingerprint density at radius 3 is 2.65 bits per heavy atom. The van der Waals surface area contributed by atoms with E-state index in [2.05, 4.69) is 35.6 Å². The smallest absolute Gasteiger partial charge is 0.0462 e. The Kier molecular flexibility index (Phi) is 5.02. The highest BCUT2D eigenvalue weighted by Crippen LogP contribution is 2.36. The monoisotopic (exact) mass is 233 g/mol. The molecule has 1 aliphatic rings. The van der Waals surface area contributed by atoms with E-state index >= 15 is 0 Å². The zero-order valence-electron chi connectivity index (χ0n) is 10.7. The number of ether oxygens (including phenoxy) is 1. The van der Waals surface area contributed by atoms with E-state index in [4.69, 9.17) is 4.74 Å². The van der Waals surface area contributed by atoms with Crippen LogP contribution >= 0.6 is 0 Å². The molecule has 1 aliphatic carbocycles. The molecule has 1 aromatic rings. The normalized spacial score (nSPS) is 23.4. The van der Waals surface area contributed by atoms with Crippen molar-refractivity contribution in [3.63, 3.8) is 0 Å². The minimum Gasteiger partial charge on any atom is -0.385 e. The van der Waals surface area contributed by atoms with Gasteiger partial charge in [-0.2, -0.15) is 0 Å². The summed E-state index contributed by atoms with van der Waals surface area (Å²) >= 11 is 0. The van der Waals surface area contributed by atoms with Crippen molar-refractivity contribution in [2.75, 3.05) is 20.3 Å². The molecule has 17 heavy (non-hydrogen) atoms. The van der Waals surface area contributed by atoms with Crippen molar-refractivity contribution in [1.82, 2.24) is 5.32 Å². The Morgan fingerprint density at radius 2 is 1.94 bits per heavy atom. The minimum absolute atomic E-state index is 0.739. The standard InChI is InChI=1S/C15H23NO/c1-17-10-6-5-9-16-15-11-14(12-15)13-7-3-2-4-8-13/h2-4,7-8,14-16H,5-6,9-12H2,1H3. The minimum atomic E-state index is 0.739. The molecular formula is C15H23NO. The van der Waals surface area contributed by atoms with Crippen molar-refractivity contribution in [1.29, 1.82) is 0 Å². The third-order valence-corrected chi connectivity index (χ3v) is 3.62. The fourth-order valence-corrected chi connectivity index (χ4v) is 2.46. The Morgan fingerprint density at radius 1 is 1.18 bits per heavy atom. The third kappa shape index (κ3) is 3.83. The fourth-order valence-electron chi connectivity index (χ4n) is 2.46. The highest BCUT2D eigenvalue weighted by atomic mass is 16.5. The van der Waals surface area contributed by atoms with E-state index in [1.807, 2.05) is 0 Å². The molecule has 1 fully saturated rings. The first-order valence-electron chi connectivity index (χ1n) is 6.67. The molecule has 2 nitrogen and oxygen atoms in total. The van der Waals surface area contributed by atoms with Gasteiger partial charge in [0.2, 0.25) is 0 Å². The summed E-state index contributed by atoms with van der Waals surface area (Å²) in [6, 6.07) is 11.6. The maximum Gasteiger partial charge on any atom is 0.0462 e. The van der Waals surface area contributed by atoms with Gasteiger partial charge in [-0.05, 0) is 43.7 Å². The summed E-state index contributed by atoms with van der Waals surface area (Å²) in [6.07, 6.45) is 4.99. The quantitative estimate of drug-likeness (QED) is 0.731. The van der Waals surface area contributed by atoms with Gasteiger partial charge in [0.15, 0.2) is 0 Å². The van der Waals surface area contributed by atoms with E-state index in [1.54, 1.807) is 7.11 Å². The van der Waals surface area contributed by atoms with E-state index < -0.39 is 0 Å². The lowest BCUT2D eigenvalue weighted by molar-refractivity contribution is 0.191. The number of rotatable bonds is 7. The number of hydrogen-bond acceptors (Lipinski definition) is 2. The molecule has 0 bridgehead atoms. The predicted octanol–water partition coefficient (Wildman–Crippen LogP) is 2.95. The maximum atomic E-state index is 5.04. The van der Waals surface area contributed by atoms with Gasteiger partial charge in [0, 0.05) is 19.8 Å². The van der Waals surface area contributed by atoms with E-state index in [9.17, 15) is 0 Å². The average Bonchev–Trinajstić information content (AvgIpc) is 2.32. The second-order valence-electron chi connectivity index (χ2n) is 4.93. The van der Waals surface area contributed by atoms with Crippen LogP contribution in [0.4, 0.5) is 0 Å². The molecule has 94 valence electrons. The van der Waals surface area contributed by atoms with Crippen LogP contribution in [0, 0.1) is 0 Å². The summed E-state index contributed by atoms with van der Waals surface area (Å²) in [5.41, 5.74) is 1.50. The van der Waals surface area contributed by atoms with Gasteiger partial charge in [0.25, 0.3) is 0 Å². The fraction of sp³-hybridized carbons (Fsp3) is 0.600. The first-order chi connectivity index (χ1) is 8.40. The van der Waals surface area contributed by atoms with E-state index in [0.717, 1.165) is 25.1 Å². The van der Waals surface area contributed by atoms with Crippen LogP contribution in [0.2, 0.25) is 0 Å². The Labute approximate surface area is 104 Å². The van der Waals surface area contributed by atoms with Crippen LogP contribution in [0.3, 0.4) is 0 Å². The van der Waals surface area contributed by atoms with Crippen LogP contribution in [0.5, 0.6) is 0 Å². The maximum absolute atomic E-state index is 5.04. The highest BCUT2D eigenvalue weighted by molar-refractivity contribution is 5.22. The lowest BCUT2D eigenvalue weighted by Gasteiger charge is -2.36. The number of hydrogen-bond donors (Lipinski definition) is 1. The van der Waals surface area contributed by atoms with Gasteiger partial charge in [-0.15, -0.1) is 0 Å². The highest BCUT2D eigenvalue weighted by Gasteiger charge is 2.29. The Balaban J connectivity index is 1.57. The van der Waals surface area contributed by atoms with Crippen LogP contribution in [-0.2, 0) is 4.74 Å². The molecule has 0 radical (unpaired) electrons. The van der Waals surface area contributed by atoms with Gasteiger partial charge in [-0.1, -0.05) is 30.3 Å². The first kappa shape index (κ1) is 12.6. The number of nitrogens with one attached hydrogen (secondary N) is 1. The van der Waals surface area contributed by atoms with Crippen LogP contribution in [0.1, 0.15) is 37.2 Å². The van der Waals surface area contributed by atoms with Gasteiger partial charge < -0.3 is 10.1 Å². The van der Waals surface area contributed by atoms with Gasteiger partial charge in [-0.25, -0.2) is 0 Å². The van der Waals surface area contributed by atoms with Crippen molar-refractivity contribution < 1.29 is 4.74 Å². The second kappa shape index (κ2) is 6.77. The van der Waals surface area contributed by atoms with Crippen LogP contribution in [-0.4, -0.2) is 26.3 Å². The number of unbranched alkanes of at least 4 members (excludes halogenated alkanes) is 1. The summed E-state index contributed by atoms with van der Waals surface area (Å²) in [7, 11) is 1.77. The van der Waals surface area contributed by atoms with Crippen LogP contribution in [0.15, 0.2) is 30.3 Å². The molecule has 0 atom stereocenters. The molecule has 1 aromatic carbocycles. The van der Waals surface area contributed by atoms with Crippen LogP contribution in [0.25, 0.3) is 0 Å². The van der Waals surface area contributed by atoms with Gasteiger partial charge >= 0.3 is 0 Å². The van der Waals surface area contributed by atoms with Gasteiger partial charge in [-0.3, -0.25) is 0 Å². The number of methoxy groups -OCH3 is 1. The predicted molar refractivity (Wildman–Crippen MR) is 71.3 cm³/mol. The molecule has 0 saturated heterocycles. The van der Waals surface area contributed by atoms with Gasteiger partial charge in [0.1, 0.15) is 0 Å². The molecule has 1 N–H and O–H groups in total. The first-order valence-corrected chi connectivity index (χ1v) is 6.67. The van der Waals surface area contributed by atoms with E-state index in [1.165, 1.54) is 31.2 Å². The summed E-state index contributed by atoms with van der Waals surface area (Å²) < 4.78 is 5.04. The lowest BCUT2D eigenvalue weighted by atomic mass is 9.76. The molecule has 0 amide bonds. The largest absolute Gasteiger partial charge is 0.385 e. The molecule has 0 unspecified atom stereocenters. The Bertz CT molecular complexity index is 306. The molecule has 1 saturated carbocycles. The molecule has 0 spiro atoms.